The first-order chi connectivity index (χ1) is 22.0. The summed E-state index contributed by atoms with van der Waals surface area (Å²) in [4.78, 5) is 19.3. The van der Waals surface area contributed by atoms with E-state index in [1.54, 1.807) is 35.6 Å². The number of benzene rings is 3. The first-order valence-corrected chi connectivity index (χ1v) is 15.4. The Hall–Kier alpha value is -4.69. The van der Waals surface area contributed by atoms with Crippen molar-refractivity contribution >= 4 is 23.2 Å². The normalized spacial score (nSPS) is 11.9. The van der Waals surface area contributed by atoms with Crippen molar-refractivity contribution in [1.29, 1.82) is 5.26 Å². The van der Waals surface area contributed by atoms with Crippen LogP contribution in [0.2, 0.25) is 0 Å². The second kappa shape index (κ2) is 16.0. The van der Waals surface area contributed by atoms with Gasteiger partial charge in [0, 0.05) is 44.1 Å². The third-order valence-electron chi connectivity index (χ3n) is 7.40. The van der Waals surface area contributed by atoms with Crippen molar-refractivity contribution in [3.63, 3.8) is 0 Å². The van der Waals surface area contributed by atoms with Gasteiger partial charge in [-0.15, -0.1) is 0 Å². The molecule has 46 heavy (non-hydrogen) atoms. The number of aromatic nitrogens is 2. The standard InChI is InChI=1S/C35H37F3N6OS/c1-25(2)16-30(42-33(45)17-31-20-40-24-44(31)21-28-14-12-26(18-39)13-15-28)23-43(34(46)41-19-27-8-4-3-5-9-27)22-29-10-6-7-11-32(29)35(36,37)38/h3-15,20,24-25,30H,16-17,19,21-23H2,1-2H3,(H,41,46)(H,42,45)/t30-/m0/s1. The summed E-state index contributed by atoms with van der Waals surface area (Å²) in [7, 11) is 0. The highest BCUT2D eigenvalue weighted by molar-refractivity contribution is 7.80. The Morgan fingerprint density at radius 2 is 1.72 bits per heavy atom. The average molecular weight is 647 g/mol. The highest BCUT2D eigenvalue weighted by atomic mass is 32.1. The molecule has 4 rings (SSSR count). The number of thiocarbonyl (C=S) groups is 1. The van der Waals surface area contributed by atoms with Crippen LogP contribution < -0.4 is 10.6 Å². The molecule has 1 aromatic heterocycles. The third-order valence-corrected chi connectivity index (χ3v) is 7.80. The maximum Gasteiger partial charge on any atom is 0.416 e. The molecule has 4 aromatic rings. The fourth-order valence-corrected chi connectivity index (χ4v) is 5.43. The van der Waals surface area contributed by atoms with Crippen molar-refractivity contribution in [2.45, 2.75) is 58.5 Å². The minimum absolute atomic E-state index is 0.0679. The molecule has 1 amide bonds. The number of nitriles is 1. The molecule has 7 nitrogen and oxygen atoms in total. The van der Waals surface area contributed by atoms with Crippen molar-refractivity contribution in [2.24, 2.45) is 5.92 Å². The number of nitrogens with one attached hydrogen (secondary N) is 2. The van der Waals surface area contributed by atoms with Crippen molar-refractivity contribution in [3.05, 3.63) is 125 Å². The van der Waals surface area contributed by atoms with E-state index in [1.807, 2.05) is 60.9 Å². The zero-order chi connectivity index (χ0) is 33.1. The Bertz CT molecular complexity index is 1630. The molecule has 0 spiro atoms. The highest BCUT2D eigenvalue weighted by Gasteiger charge is 2.33. The molecule has 0 saturated heterocycles. The highest BCUT2D eigenvalue weighted by Crippen LogP contribution is 2.32. The zero-order valence-electron chi connectivity index (χ0n) is 25.8. The predicted octanol–water partition coefficient (Wildman–Crippen LogP) is 6.47. The molecule has 0 radical (unpaired) electrons. The summed E-state index contributed by atoms with van der Waals surface area (Å²) in [6.45, 7) is 5.07. The predicted molar refractivity (Wildman–Crippen MR) is 175 cm³/mol. The molecule has 0 bridgehead atoms. The number of rotatable bonds is 13. The third kappa shape index (κ3) is 10.2. The molecular formula is C35H37F3N6OS. The monoisotopic (exact) mass is 646 g/mol. The number of imidazole rings is 1. The maximum absolute atomic E-state index is 13.9. The number of halogens is 3. The van der Waals surface area contributed by atoms with E-state index in [-0.39, 0.29) is 36.9 Å². The molecule has 0 aliphatic rings. The Labute approximate surface area is 273 Å². The van der Waals surface area contributed by atoms with Crippen LogP contribution in [0.1, 0.15) is 53.8 Å². The second-order valence-corrected chi connectivity index (χ2v) is 12.0. The van der Waals surface area contributed by atoms with Crippen LogP contribution in [-0.2, 0) is 37.0 Å². The van der Waals surface area contributed by atoms with Crippen LogP contribution in [0.15, 0.2) is 91.4 Å². The fourth-order valence-electron chi connectivity index (χ4n) is 5.22. The van der Waals surface area contributed by atoms with Gasteiger partial charge in [-0.3, -0.25) is 4.79 Å². The molecule has 1 atom stereocenters. The Morgan fingerprint density at radius 1 is 1.02 bits per heavy atom. The van der Waals surface area contributed by atoms with Gasteiger partial charge in [-0.2, -0.15) is 18.4 Å². The summed E-state index contributed by atoms with van der Waals surface area (Å²) in [6.07, 6.45) is -0.562. The van der Waals surface area contributed by atoms with Crippen LogP contribution in [0, 0.1) is 17.2 Å². The number of amides is 1. The van der Waals surface area contributed by atoms with Crippen LogP contribution in [0.3, 0.4) is 0 Å². The lowest BCUT2D eigenvalue weighted by Gasteiger charge is -2.32. The summed E-state index contributed by atoms with van der Waals surface area (Å²) < 4.78 is 43.6. The summed E-state index contributed by atoms with van der Waals surface area (Å²) in [6, 6.07) is 24.0. The molecule has 11 heteroatoms. The Kier molecular flexibility index (Phi) is 11.9. The number of hydrogen-bond acceptors (Lipinski definition) is 4. The van der Waals surface area contributed by atoms with Gasteiger partial charge in [0.25, 0.3) is 0 Å². The lowest BCUT2D eigenvalue weighted by Crippen LogP contribution is -2.49. The van der Waals surface area contributed by atoms with E-state index in [9.17, 15) is 18.0 Å². The van der Waals surface area contributed by atoms with Gasteiger partial charge < -0.3 is 20.1 Å². The van der Waals surface area contributed by atoms with Gasteiger partial charge >= 0.3 is 6.18 Å². The zero-order valence-corrected chi connectivity index (χ0v) is 26.6. The first-order valence-electron chi connectivity index (χ1n) is 15.0. The molecule has 0 fully saturated rings. The molecule has 1 heterocycles. The van der Waals surface area contributed by atoms with Crippen LogP contribution in [0.4, 0.5) is 13.2 Å². The SMILES string of the molecule is CC(C)C[C@@H](CN(Cc1ccccc1C(F)(F)F)C(=S)NCc1ccccc1)NC(=O)Cc1cncn1Cc1ccc(C#N)cc1. The van der Waals surface area contributed by atoms with E-state index in [0.717, 1.165) is 17.2 Å². The quantitative estimate of drug-likeness (QED) is 0.162. The number of carbonyl (C=O) groups excluding carboxylic acids is 1. The lowest BCUT2D eigenvalue weighted by molar-refractivity contribution is -0.138. The molecule has 3 aromatic carbocycles. The topological polar surface area (TPSA) is 86.0 Å². The molecule has 0 aliphatic carbocycles. The van der Waals surface area contributed by atoms with Crippen molar-refractivity contribution < 1.29 is 18.0 Å². The molecule has 0 unspecified atom stereocenters. The van der Waals surface area contributed by atoms with Crippen LogP contribution in [0.25, 0.3) is 0 Å². The van der Waals surface area contributed by atoms with Gasteiger partial charge in [0.05, 0.1) is 29.9 Å². The fraction of sp³-hybridized carbons (Fsp3) is 0.314. The van der Waals surface area contributed by atoms with Gasteiger partial charge in [0.2, 0.25) is 5.91 Å². The van der Waals surface area contributed by atoms with Gasteiger partial charge in [-0.05, 0) is 59.4 Å². The van der Waals surface area contributed by atoms with Gasteiger partial charge in [-0.25, -0.2) is 4.98 Å². The van der Waals surface area contributed by atoms with Gasteiger partial charge in [-0.1, -0.05) is 74.5 Å². The average Bonchev–Trinajstić information content (AvgIpc) is 3.45. The number of alkyl halides is 3. The lowest BCUT2D eigenvalue weighted by atomic mass is 10.0. The van der Waals surface area contributed by atoms with E-state index < -0.39 is 17.8 Å². The van der Waals surface area contributed by atoms with E-state index >= 15 is 0 Å². The summed E-state index contributed by atoms with van der Waals surface area (Å²) in [5.74, 6) is -0.0339. The van der Waals surface area contributed by atoms with E-state index in [0.29, 0.717) is 35.9 Å². The molecule has 240 valence electrons. The number of nitrogens with zero attached hydrogens (tertiary/aromatic N) is 4. The second-order valence-electron chi connectivity index (χ2n) is 11.6. The minimum Gasteiger partial charge on any atom is -0.358 e. The molecule has 0 saturated carbocycles. The summed E-state index contributed by atoms with van der Waals surface area (Å²) in [5.41, 5.74) is 2.59. The van der Waals surface area contributed by atoms with Crippen molar-refractivity contribution in [1.82, 2.24) is 25.1 Å². The maximum atomic E-state index is 13.9. The largest absolute Gasteiger partial charge is 0.416 e. The smallest absolute Gasteiger partial charge is 0.358 e. The molecule has 0 aliphatic heterocycles. The summed E-state index contributed by atoms with van der Waals surface area (Å²) >= 11 is 5.74. The number of hydrogen-bond donors (Lipinski definition) is 2. The van der Waals surface area contributed by atoms with Crippen molar-refractivity contribution in [2.75, 3.05) is 6.54 Å². The minimum atomic E-state index is -4.52. The first kappa shape index (κ1) is 34.2. The van der Waals surface area contributed by atoms with Crippen molar-refractivity contribution in [3.8, 4) is 6.07 Å². The molecule has 2 N–H and O–H groups in total. The van der Waals surface area contributed by atoms with E-state index in [1.165, 1.54) is 12.1 Å². The van der Waals surface area contributed by atoms with Crippen LogP contribution in [0.5, 0.6) is 0 Å². The van der Waals surface area contributed by atoms with Crippen LogP contribution >= 0.6 is 12.2 Å². The van der Waals surface area contributed by atoms with E-state index in [4.69, 9.17) is 17.5 Å². The van der Waals surface area contributed by atoms with E-state index in [2.05, 4.69) is 21.7 Å². The Morgan fingerprint density at radius 3 is 2.39 bits per heavy atom. The van der Waals surface area contributed by atoms with Gasteiger partial charge in [0.15, 0.2) is 5.11 Å². The molecular weight excluding hydrogens is 609 g/mol. The van der Waals surface area contributed by atoms with Gasteiger partial charge in [0.1, 0.15) is 0 Å². The van der Waals surface area contributed by atoms with Crippen LogP contribution in [-0.4, -0.2) is 38.1 Å². The summed E-state index contributed by atoms with van der Waals surface area (Å²) in [5, 5.41) is 15.7. The Balaban J connectivity index is 1.51. The number of carbonyl (C=O) groups is 1.